The lowest BCUT2D eigenvalue weighted by atomic mass is 9.92. The summed E-state index contributed by atoms with van der Waals surface area (Å²) in [7, 11) is 0. The minimum atomic E-state index is -0.563. The van der Waals surface area contributed by atoms with E-state index in [0.717, 1.165) is 67.5 Å². The van der Waals surface area contributed by atoms with Crippen molar-refractivity contribution in [1.82, 2.24) is 58.8 Å². The van der Waals surface area contributed by atoms with E-state index in [1.165, 1.54) is 12.8 Å². The van der Waals surface area contributed by atoms with Crippen molar-refractivity contribution in [2.45, 2.75) is 144 Å². The number of aryl methyl sites for hydroxylation is 2. The van der Waals surface area contributed by atoms with Crippen LogP contribution in [0.3, 0.4) is 0 Å². The van der Waals surface area contributed by atoms with E-state index in [4.69, 9.17) is 42.4 Å². The maximum Gasteiger partial charge on any atom is 0.410 e. The average molecular weight is 1070 g/mol. The number of pyridine rings is 2. The first-order valence-electron chi connectivity index (χ1n) is 24.9. The lowest BCUT2D eigenvalue weighted by Crippen LogP contribution is -2.43. The molecule has 2 aromatic carbocycles. The van der Waals surface area contributed by atoms with E-state index in [9.17, 15) is 9.59 Å². The zero-order chi connectivity index (χ0) is 53.2. The molecule has 1 aliphatic carbocycles. The van der Waals surface area contributed by atoms with E-state index < -0.39 is 11.2 Å². The summed E-state index contributed by atoms with van der Waals surface area (Å²) in [6.07, 6.45) is 11.1. The molecule has 0 aliphatic heterocycles. The highest BCUT2D eigenvalue weighted by Gasteiger charge is 2.27. The highest BCUT2D eigenvalue weighted by molar-refractivity contribution is 9.10. The molecule has 2 atom stereocenters. The molecule has 1 aliphatic rings. The summed E-state index contributed by atoms with van der Waals surface area (Å²) in [6, 6.07) is 16.2. The van der Waals surface area contributed by atoms with Gasteiger partial charge in [-0.3, -0.25) is 5.10 Å². The number of hydrogen-bond donors (Lipinski definition) is 5. The van der Waals surface area contributed by atoms with Crippen LogP contribution in [0.2, 0.25) is 0 Å². The number of H-pyrrole nitrogens is 1. The smallest absolute Gasteiger partial charge is 0.410 e. The standard InChI is InChI=1S/C23H29N7O2.C20H26BrN5O2.C6H14N2.C3H4N2/c1-6-28(22(31)32-23(3,4)5)14-18-27-19-20(29(18)7-2)16-10-9-15(30-12-8-11-25-30)13-17(16)26-21(19)24;1-6-25(19(27)28-20(3,4)5)11-15-24-16-17(26(15)7-2)13-9-8-12(21)10-14(13)23-18(16)22;7-5-3-1-2-4-6(5)8;1-2-4-5-3-1/h8-13H,6-7,14H2,1-5H3,(H2,24,26);8-10H,6-7,11H2,1-5H3,(H2,22,23);5-6H,1-4,7-8H2;1-3H,(H,4,5)/t;;5-,6-;/m..0./s1. The predicted octanol–water partition coefficient (Wildman–Crippen LogP) is 9.46. The normalized spacial score (nSPS) is 14.7. The molecule has 20 nitrogen and oxygen atoms in total. The summed E-state index contributed by atoms with van der Waals surface area (Å²) in [5, 5.41) is 12.4. The molecule has 8 aromatic rings. The van der Waals surface area contributed by atoms with Crippen LogP contribution in [0, 0.1) is 0 Å². The second-order valence-electron chi connectivity index (χ2n) is 19.6. The number of nitrogens with one attached hydrogen (secondary N) is 1. The quantitative estimate of drug-likeness (QED) is 0.0901. The van der Waals surface area contributed by atoms with Gasteiger partial charge in [-0.05, 0) is 131 Å². The van der Waals surface area contributed by atoms with E-state index in [1.54, 1.807) is 33.1 Å². The van der Waals surface area contributed by atoms with Crippen LogP contribution in [-0.4, -0.2) is 107 Å². The molecule has 73 heavy (non-hydrogen) atoms. The number of hydrogen-bond acceptors (Lipinski definition) is 14. The Balaban J connectivity index is 0.000000191. The summed E-state index contributed by atoms with van der Waals surface area (Å²) in [4.78, 5) is 47.1. The molecule has 1 fully saturated rings. The highest BCUT2D eigenvalue weighted by Crippen LogP contribution is 2.33. The maximum absolute atomic E-state index is 12.7. The van der Waals surface area contributed by atoms with E-state index in [0.29, 0.717) is 61.9 Å². The molecule has 1 saturated carbocycles. The minimum absolute atomic E-state index is 0.281. The van der Waals surface area contributed by atoms with Crippen LogP contribution >= 0.6 is 15.9 Å². The van der Waals surface area contributed by atoms with Gasteiger partial charge in [-0.25, -0.2) is 34.2 Å². The summed E-state index contributed by atoms with van der Waals surface area (Å²) in [6.45, 7) is 22.1. The van der Waals surface area contributed by atoms with Gasteiger partial charge in [0.25, 0.3) is 0 Å². The third-order valence-corrected chi connectivity index (χ3v) is 12.4. The van der Waals surface area contributed by atoms with Crippen molar-refractivity contribution in [2.24, 2.45) is 11.5 Å². The number of aromatic amines is 1. The van der Waals surface area contributed by atoms with Gasteiger partial charge in [0.15, 0.2) is 11.6 Å². The Labute approximate surface area is 435 Å². The number of aromatic nitrogens is 10. The number of carbonyl (C=O) groups excluding carboxylic acids is 2. The first-order chi connectivity index (χ1) is 34.7. The molecule has 0 unspecified atom stereocenters. The number of carbonyl (C=O) groups is 2. The molecule has 2 amide bonds. The summed E-state index contributed by atoms with van der Waals surface area (Å²) in [5.74, 6) is 2.25. The fraction of sp³-hybridized carbons (Fsp3) is 0.462. The molecule has 21 heteroatoms. The zero-order valence-electron chi connectivity index (χ0n) is 43.9. The van der Waals surface area contributed by atoms with Crippen molar-refractivity contribution >= 4 is 83.6 Å². The molecule has 0 radical (unpaired) electrons. The monoisotopic (exact) mass is 1060 g/mol. The number of nitrogens with two attached hydrogens (primary N) is 4. The van der Waals surface area contributed by atoms with Crippen molar-refractivity contribution in [1.29, 1.82) is 0 Å². The number of fused-ring (bicyclic) bond motifs is 6. The Hall–Kier alpha value is -6.84. The van der Waals surface area contributed by atoms with Gasteiger partial charge in [-0.2, -0.15) is 10.2 Å². The second-order valence-corrected chi connectivity index (χ2v) is 20.5. The van der Waals surface area contributed by atoms with E-state index in [1.807, 2.05) is 110 Å². The number of benzene rings is 2. The number of nitrogen functional groups attached to an aromatic ring is 2. The molecule has 0 saturated heterocycles. The number of imidazole rings is 2. The Morgan fingerprint density at radius 2 is 1.21 bits per heavy atom. The fourth-order valence-electron chi connectivity index (χ4n) is 8.37. The highest BCUT2D eigenvalue weighted by atomic mass is 79.9. The van der Waals surface area contributed by atoms with Crippen LogP contribution in [0.5, 0.6) is 0 Å². The molecule has 9 N–H and O–H groups in total. The van der Waals surface area contributed by atoms with Crippen LogP contribution < -0.4 is 22.9 Å². The largest absolute Gasteiger partial charge is 0.444 e. The van der Waals surface area contributed by atoms with Crippen molar-refractivity contribution < 1.29 is 19.1 Å². The molecular formula is C52H73BrN16O4. The predicted molar refractivity (Wildman–Crippen MR) is 293 cm³/mol. The van der Waals surface area contributed by atoms with Gasteiger partial charge in [0, 0.05) is 78.3 Å². The number of amides is 2. The Morgan fingerprint density at radius 1 is 0.712 bits per heavy atom. The van der Waals surface area contributed by atoms with E-state index >= 15 is 0 Å². The number of rotatable bonds is 9. The lowest BCUT2D eigenvalue weighted by Gasteiger charge is -2.26. The fourth-order valence-corrected chi connectivity index (χ4v) is 8.72. The molecular weight excluding hydrogens is 993 g/mol. The van der Waals surface area contributed by atoms with Crippen molar-refractivity contribution in [3.63, 3.8) is 0 Å². The summed E-state index contributed by atoms with van der Waals surface area (Å²) in [5.41, 5.74) is 28.3. The first kappa shape index (κ1) is 55.5. The third kappa shape index (κ3) is 14.0. The van der Waals surface area contributed by atoms with Crippen LogP contribution in [0.4, 0.5) is 21.2 Å². The van der Waals surface area contributed by atoms with Gasteiger partial charge >= 0.3 is 12.2 Å². The second kappa shape index (κ2) is 24.3. The van der Waals surface area contributed by atoms with Gasteiger partial charge in [0.1, 0.15) is 33.9 Å². The Morgan fingerprint density at radius 3 is 1.59 bits per heavy atom. The van der Waals surface area contributed by atoms with Gasteiger partial charge < -0.3 is 51.3 Å². The minimum Gasteiger partial charge on any atom is -0.444 e. The molecule has 9 rings (SSSR count). The zero-order valence-corrected chi connectivity index (χ0v) is 45.5. The van der Waals surface area contributed by atoms with Gasteiger partial charge in [-0.1, -0.05) is 28.8 Å². The van der Waals surface area contributed by atoms with Gasteiger partial charge in [0.05, 0.1) is 40.8 Å². The number of nitrogens with zero attached hydrogens (tertiary/aromatic N) is 11. The van der Waals surface area contributed by atoms with E-state index in [2.05, 4.69) is 64.2 Å². The van der Waals surface area contributed by atoms with Gasteiger partial charge in [-0.15, -0.1) is 0 Å². The van der Waals surface area contributed by atoms with E-state index in [-0.39, 0.29) is 24.3 Å². The summed E-state index contributed by atoms with van der Waals surface area (Å²) >= 11 is 3.48. The third-order valence-electron chi connectivity index (χ3n) is 11.9. The van der Waals surface area contributed by atoms with Crippen LogP contribution in [0.15, 0.2) is 77.8 Å². The lowest BCUT2D eigenvalue weighted by molar-refractivity contribution is 0.0228. The Bertz CT molecular complexity index is 3060. The molecule has 6 aromatic heterocycles. The van der Waals surface area contributed by atoms with Gasteiger partial charge in [0.2, 0.25) is 0 Å². The molecule has 6 heterocycles. The number of halogens is 1. The van der Waals surface area contributed by atoms with Crippen LogP contribution in [0.25, 0.3) is 49.6 Å². The van der Waals surface area contributed by atoms with Crippen LogP contribution in [0.1, 0.15) is 107 Å². The Kier molecular flexibility index (Phi) is 18.4. The first-order valence-corrected chi connectivity index (χ1v) is 25.7. The molecule has 0 spiro atoms. The average Bonchev–Trinajstić information content (AvgIpc) is 4.19. The maximum atomic E-state index is 12.7. The topological polar surface area (TPSA) is 271 Å². The van der Waals surface area contributed by atoms with Crippen molar-refractivity contribution in [3.8, 4) is 5.69 Å². The van der Waals surface area contributed by atoms with Crippen molar-refractivity contribution in [2.75, 3.05) is 24.6 Å². The SMILES string of the molecule is CCN(Cc1nc2c(N)nc3cc(-n4cccn4)ccc3c2n1CC)C(=O)OC(C)(C)C.CCN(Cc1nc2c(N)nc3cc(Br)ccc3c2n1CC)C(=O)OC(C)(C)C.N[C@H]1CCCC[C@@H]1N.c1cn[nH]c1. The molecule has 392 valence electrons. The number of ether oxygens (including phenoxy) is 2. The van der Waals surface area contributed by atoms with Crippen LogP contribution in [-0.2, 0) is 35.7 Å². The molecule has 0 bridgehead atoms. The summed E-state index contributed by atoms with van der Waals surface area (Å²) < 4.78 is 18.0. The number of anilines is 2. The van der Waals surface area contributed by atoms with Crippen molar-refractivity contribution in [3.05, 3.63) is 89.4 Å².